The van der Waals surface area contributed by atoms with Crippen LogP contribution in [0.4, 0.5) is 16.2 Å². The van der Waals surface area contributed by atoms with Crippen molar-refractivity contribution >= 4 is 27.4 Å². The average molecular weight is 433 g/mol. The fraction of sp³-hybridized carbons (Fsp3) is 0.381. The molecule has 2 aromatic carbocycles. The second kappa shape index (κ2) is 9.82. The zero-order valence-corrected chi connectivity index (χ0v) is 18.1. The molecule has 1 saturated heterocycles. The zero-order chi connectivity index (χ0) is 21.6. The summed E-state index contributed by atoms with van der Waals surface area (Å²) in [6.07, 6.45) is 0. The molecule has 2 amide bonds. The van der Waals surface area contributed by atoms with Crippen molar-refractivity contribution in [2.75, 3.05) is 55.8 Å². The van der Waals surface area contributed by atoms with Crippen molar-refractivity contribution in [3.63, 3.8) is 0 Å². The molecule has 0 bridgehead atoms. The molecule has 0 saturated carbocycles. The van der Waals surface area contributed by atoms with Crippen LogP contribution in [0.5, 0.6) is 5.75 Å². The van der Waals surface area contributed by atoms with Gasteiger partial charge in [0.2, 0.25) is 10.0 Å². The van der Waals surface area contributed by atoms with Crippen molar-refractivity contribution in [3.8, 4) is 5.75 Å². The van der Waals surface area contributed by atoms with E-state index in [1.807, 2.05) is 25.1 Å². The third kappa shape index (κ3) is 5.87. The quantitative estimate of drug-likeness (QED) is 0.701. The van der Waals surface area contributed by atoms with Gasteiger partial charge in [-0.05, 0) is 48.9 Å². The number of ether oxygens (including phenoxy) is 1. The van der Waals surface area contributed by atoms with Crippen molar-refractivity contribution in [2.24, 2.45) is 0 Å². The molecule has 0 atom stereocenters. The van der Waals surface area contributed by atoms with E-state index in [0.29, 0.717) is 37.6 Å². The molecular weight excluding hydrogens is 404 g/mol. The fourth-order valence-electron chi connectivity index (χ4n) is 3.32. The van der Waals surface area contributed by atoms with Crippen molar-refractivity contribution in [1.82, 2.24) is 9.62 Å². The predicted molar refractivity (Wildman–Crippen MR) is 119 cm³/mol. The SMILES string of the molecule is COc1ccc(NC(=O)NCCS(=O)(=O)N2CCN(c3cccc(C)c3)CC2)cc1. The van der Waals surface area contributed by atoms with Crippen LogP contribution in [0.25, 0.3) is 0 Å². The van der Waals surface area contributed by atoms with Crippen LogP contribution in [0.15, 0.2) is 48.5 Å². The van der Waals surface area contributed by atoms with Crippen LogP contribution in [-0.4, -0.2) is 64.3 Å². The van der Waals surface area contributed by atoms with Gasteiger partial charge in [0, 0.05) is 44.1 Å². The average Bonchev–Trinajstić information content (AvgIpc) is 2.74. The number of piperazine rings is 1. The topological polar surface area (TPSA) is 91.0 Å². The molecule has 0 spiro atoms. The maximum absolute atomic E-state index is 12.6. The van der Waals surface area contributed by atoms with Crippen LogP contribution in [0.3, 0.4) is 0 Å². The zero-order valence-electron chi connectivity index (χ0n) is 17.3. The van der Waals surface area contributed by atoms with Crippen LogP contribution in [-0.2, 0) is 10.0 Å². The summed E-state index contributed by atoms with van der Waals surface area (Å²) in [7, 11) is -1.86. The van der Waals surface area contributed by atoms with Crippen molar-refractivity contribution in [3.05, 3.63) is 54.1 Å². The van der Waals surface area contributed by atoms with Crippen molar-refractivity contribution in [1.29, 1.82) is 0 Å². The number of amides is 2. The van der Waals surface area contributed by atoms with Gasteiger partial charge in [-0.1, -0.05) is 12.1 Å². The van der Waals surface area contributed by atoms with Gasteiger partial charge >= 0.3 is 6.03 Å². The monoisotopic (exact) mass is 432 g/mol. The summed E-state index contributed by atoms with van der Waals surface area (Å²) in [5.74, 6) is 0.558. The van der Waals surface area contributed by atoms with E-state index < -0.39 is 16.1 Å². The third-order valence-electron chi connectivity index (χ3n) is 4.99. The van der Waals surface area contributed by atoms with E-state index >= 15 is 0 Å². The standard InChI is InChI=1S/C21H28N4O4S/c1-17-4-3-5-19(16-17)24-11-13-25(14-12-24)30(27,28)15-10-22-21(26)23-18-6-8-20(29-2)9-7-18/h3-9,16H,10-15H2,1-2H3,(H2,22,23,26). The Morgan fingerprint density at radius 3 is 2.40 bits per heavy atom. The van der Waals surface area contributed by atoms with Crippen molar-refractivity contribution < 1.29 is 17.9 Å². The minimum absolute atomic E-state index is 0.0441. The number of nitrogens with one attached hydrogen (secondary N) is 2. The van der Waals surface area contributed by atoms with Crippen molar-refractivity contribution in [2.45, 2.75) is 6.92 Å². The number of sulfonamides is 1. The first-order valence-electron chi connectivity index (χ1n) is 9.86. The Balaban J connectivity index is 1.43. The summed E-state index contributed by atoms with van der Waals surface area (Å²) >= 11 is 0. The van der Waals surface area contributed by atoms with Gasteiger partial charge in [-0.2, -0.15) is 4.31 Å². The number of anilines is 2. The van der Waals surface area contributed by atoms with Gasteiger partial charge in [0.05, 0.1) is 12.9 Å². The van der Waals surface area contributed by atoms with Crippen LogP contribution >= 0.6 is 0 Å². The second-order valence-electron chi connectivity index (χ2n) is 7.15. The molecule has 9 heteroatoms. The smallest absolute Gasteiger partial charge is 0.319 e. The number of aryl methyl sites for hydroxylation is 1. The largest absolute Gasteiger partial charge is 0.497 e. The molecule has 1 heterocycles. The molecule has 1 aliphatic rings. The van der Waals surface area contributed by atoms with E-state index in [0.717, 1.165) is 5.69 Å². The van der Waals surface area contributed by atoms with E-state index in [4.69, 9.17) is 4.74 Å². The molecule has 0 radical (unpaired) electrons. The number of rotatable bonds is 7. The number of hydrogen-bond acceptors (Lipinski definition) is 5. The molecule has 0 aromatic heterocycles. The summed E-state index contributed by atoms with van der Waals surface area (Å²) in [5, 5.41) is 5.27. The van der Waals surface area contributed by atoms with Crippen LogP contribution < -0.4 is 20.3 Å². The number of benzene rings is 2. The molecule has 30 heavy (non-hydrogen) atoms. The summed E-state index contributed by atoms with van der Waals surface area (Å²) in [6.45, 7) is 4.26. The Bertz CT molecular complexity index is 955. The van der Waals surface area contributed by atoms with Gasteiger partial charge in [-0.15, -0.1) is 0 Å². The number of carbonyl (C=O) groups excluding carboxylic acids is 1. The predicted octanol–water partition coefficient (Wildman–Crippen LogP) is 2.28. The van der Waals surface area contributed by atoms with E-state index in [1.54, 1.807) is 31.4 Å². The highest BCUT2D eigenvalue weighted by Crippen LogP contribution is 2.19. The van der Waals surface area contributed by atoms with E-state index in [1.165, 1.54) is 9.87 Å². The van der Waals surface area contributed by atoms with E-state index in [9.17, 15) is 13.2 Å². The molecule has 1 aliphatic heterocycles. The molecule has 8 nitrogen and oxygen atoms in total. The maximum atomic E-state index is 12.6. The van der Waals surface area contributed by atoms with Crippen LogP contribution in [0, 0.1) is 6.92 Å². The molecule has 2 aromatic rings. The Morgan fingerprint density at radius 1 is 1.07 bits per heavy atom. The van der Waals surface area contributed by atoms with E-state index in [-0.39, 0.29) is 12.3 Å². The molecule has 162 valence electrons. The maximum Gasteiger partial charge on any atom is 0.319 e. The third-order valence-corrected chi connectivity index (χ3v) is 6.86. The number of hydrogen-bond donors (Lipinski definition) is 2. The molecule has 0 unspecified atom stereocenters. The summed E-state index contributed by atoms with van der Waals surface area (Å²) in [5.41, 5.74) is 2.90. The first kappa shape index (κ1) is 21.9. The highest BCUT2D eigenvalue weighted by molar-refractivity contribution is 7.89. The molecule has 1 fully saturated rings. The highest BCUT2D eigenvalue weighted by atomic mass is 32.2. The molecule has 3 rings (SSSR count). The Hall–Kier alpha value is -2.78. The lowest BCUT2D eigenvalue weighted by atomic mass is 10.2. The van der Waals surface area contributed by atoms with Gasteiger partial charge in [0.1, 0.15) is 5.75 Å². The minimum atomic E-state index is -3.43. The number of urea groups is 1. The molecular formula is C21H28N4O4S. The lowest BCUT2D eigenvalue weighted by molar-refractivity contribution is 0.252. The Labute approximate surface area is 177 Å². The Morgan fingerprint density at radius 2 is 1.77 bits per heavy atom. The number of carbonyl (C=O) groups is 1. The van der Waals surface area contributed by atoms with Crippen LogP contribution in [0.1, 0.15) is 5.56 Å². The first-order chi connectivity index (χ1) is 14.4. The second-order valence-corrected chi connectivity index (χ2v) is 9.24. The first-order valence-corrected chi connectivity index (χ1v) is 11.5. The molecule has 2 N–H and O–H groups in total. The van der Waals surface area contributed by atoms with Crippen LogP contribution in [0.2, 0.25) is 0 Å². The number of nitrogens with zero attached hydrogens (tertiary/aromatic N) is 2. The van der Waals surface area contributed by atoms with E-state index in [2.05, 4.69) is 21.6 Å². The molecule has 0 aliphatic carbocycles. The number of methoxy groups -OCH3 is 1. The fourth-order valence-corrected chi connectivity index (χ4v) is 4.66. The summed E-state index contributed by atoms with van der Waals surface area (Å²) in [6, 6.07) is 14.6. The van der Waals surface area contributed by atoms with Gasteiger partial charge in [-0.25, -0.2) is 13.2 Å². The van der Waals surface area contributed by atoms with Gasteiger partial charge in [-0.3, -0.25) is 0 Å². The van der Waals surface area contributed by atoms with Gasteiger partial charge in [0.15, 0.2) is 0 Å². The van der Waals surface area contributed by atoms with Gasteiger partial charge in [0.25, 0.3) is 0 Å². The normalized spacial score (nSPS) is 14.9. The Kier molecular flexibility index (Phi) is 7.17. The highest BCUT2D eigenvalue weighted by Gasteiger charge is 2.26. The lowest BCUT2D eigenvalue weighted by Crippen LogP contribution is -2.50. The lowest BCUT2D eigenvalue weighted by Gasteiger charge is -2.35. The summed E-state index contributed by atoms with van der Waals surface area (Å²) < 4.78 is 31.8. The van der Waals surface area contributed by atoms with Gasteiger partial charge < -0.3 is 20.3 Å². The minimum Gasteiger partial charge on any atom is -0.497 e. The summed E-state index contributed by atoms with van der Waals surface area (Å²) in [4.78, 5) is 14.2.